The topological polar surface area (TPSA) is 155 Å². The van der Waals surface area contributed by atoms with Crippen molar-refractivity contribution in [3.05, 3.63) is 109 Å². The quantitative estimate of drug-likeness (QED) is 0.120. The van der Waals surface area contributed by atoms with E-state index in [4.69, 9.17) is 51.1 Å². The minimum Gasteiger partial charge on any atom is -0.410 e. The number of nitro benzene ring substituents is 1. The van der Waals surface area contributed by atoms with Crippen LogP contribution in [0.1, 0.15) is 6.92 Å². The summed E-state index contributed by atoms with van der Waals surface area (Å²) in [4.78, 5) is 53.9. The zero-order valence-corrected chi connectivity index (χ0v) is 27.6. The van der Waals surface area contributed by atoms with Crippen molar-refractivity contribution in [2.24, 2.45) is 4.99 Å². The minimum absolute atomic E-state index is 0.0774. The largest absolute Gasteiger partial charge is 0.417 e. The Hall–Kier alpha value is -4.53. The number of hydrogen-bond donors (Lipinski definition) is 3. The number of nitro groups is 1. The summed E-state index contributed by atoms with van der Waals surface area (Å²) in [7, 11) is 0. The molecule has 1 fully saturated rings. The van der Waals surface area contributed by atoms with Gasteiger partial charge in [0, 0.05) is 34.7 Å². The third kappa shape index (κ3) is 8.07. The maximum absolute atomic E-state index is 14.0. The molecule has 12 nitrogen and oxygen atoms in total. The SMILES string of the molecule is CC(=O)Nc1ccc(Cl)c(N=C2NN(c3c(Cl)cc(Cl)cc3Cl)C(=O)C2Sc2ccccc2NC(=O)Oc2ccc([N+](=O)[O-])cc2)c1. The highest BCUT2D eigenvalue weighted by molar-refractivity contribution is 8.01. The first-order valence-electron chi connectivity index (χ1n) is 13.3. The van der Waals surface area contributed by atoms with Crippen molar-refractivity contribution in [1.82, 2.24) is 5.43 Å². The number of anilines is 3. The van der Waals surface area contributed by atoms with Crippen molar-refractivity contribution in [2.75, 3.05) is 15.6 Å². The third-order valence-electron chi connectivity index (χ3n) is 6.26. The molecule has 1 aliphatic heterocycles. The molecule has 1 atom stereocenters. The molecule has 17 heteroatoms. The Morgan fingerprint density at radius 2 is 1.64 bits per heavy atom. The molecule has 0 aliphatic carbocycles. The number of thioether (sulfide) groups is 1. The van der Waals surface area contributed by atoms with Gasteiger partial charge in [0.25, 0.3) is 11.6 Å². The predicted octanol–water partition coefficient (Wildman–Crippen LogP) is 8.52. The van der Waals surface area contributed by atoms with Crippen molar-refractivity contribution in [3.8, 4) is 5.75 Å². The number of hydrazine groups is 1. The minimum atomic E-state index is -1.05. The molecule has 0 saturated carbocycles. The van der Waals surface area contributed by atoms with E-state index in [2.05, 4.69) is 21.1 Å². The number of rotatable bonds is 8. The van der Waals surface area contributed by atoms with E-state index in [9.17, 15) is 24.5 Å². The molecule has 4 aromatic carbocycles. The summed E-state index contributed by atoms with van der Waals surface area (Å²) in [6.07, 6.45) is -0.875. The van der Waals surface area contributed by atoms with Crippen LogP contribution < -0.4 is 25.8 Å². The summed E-state index contributed by atoms with van der Waals surface area (Å²) in [5, 5.41) is 17.0. The summed E-state index contributed by atoms with van der Waals surface area (Å²) in [5.74, 6) is -0.610. The van der Waals surface area contributed by atoms with Gasteiger partial charge in [0.15, 0.2) is 0 Å². The number of nitrogens with one attached hydrogen (secondary N) is 3. The number of para-hydroxylation sites is 1. The highest BCUT2D eigenvalue weighted by atomic mass is 35.5. The van der Waals surface area contributed by atoms with E-state index in [1.54, 1.807) is 42.5 Å². The van der Waals surface area contributed by atoms with E-state index in [1.807, 2.05) is 0 Å². The average Bonchev–Trinajstić information content (AvgIpc) is 3.29. The number of ether oxygens (including phenoxy) is 1. The maximum atomic E-state index is 14.0. The second kappa shape index (κ2) is 14.5. The van der Waals surface area contributed by atoms with Crippen molar-refractivity contribution >= 4 is 110 Å². The first kappa shape index (κ1) is 33.8. The van der Waals surface area contributed by atoms with Crippen molar-refractivity contribution < 1.29 is 24.0 Å². The number of non-ortho nitro benzene ring substituents is 1. The maximum Gasteiger partial charge on any atom is 0.417 e. The van der Waals surface area contributed by atoms with E-state index < -0.39 is 22.2 Å². The molecule has 0 spiro atoms. The Morgan fingerprint density at radius 3 is 2.30 bits per heavy atom. The van der Waals surface area contributed by atoms with Gasteiger partial charge in [0.05, 0.1) is 31.4 Å². The second-order valence-corrected chi connectivity index (χ2v) is 12.4. The molecule has 0 aromatic heterocycles. The lowest BCUT2D eigenvalue weighted by molar-refractivity contribution is -0.384. The lowest BCUT2D eigenvalue weighted by Gasteiger charge is -2.19. The van der Waals surface area contributed by atoms with Crippen LogP contribution in [0.4, 0.5) is 33.2 Å². The summed E-state index contributed by atoms with van der Waals surface area (Å²) < 4.78 is 5.28. The second-order valence-electron chi connectivity index (χ2n) is 9.61. The van der Waals surface area contributed by atoms with Gasteiger partial charge in [-0.2, -0.15) is 0 Å². The first-order chi connectivity index (χ1) is 22.4. The molecule has 0 bridgehead atoms. The molecule has 1 saturated heterocycles. The van der Waals surface area contributed by atoms with E-state index in [1.165, 1.54) is 43.3 Å². The van der Waals surface area contributed by atoms with Gasteiger partial charge in [0.1, 0.15) is 22.5 Å². The van der Waals surface area contributed by atoms with E-state index in [0.29, 0.717) is 16.3 Å². The van der Waals surface area contributed by atoms with Crippen LogP contribution in [0.15, 0.2) is 88.8 Å². The molecule has 1 unspecified atom stereocenters. The molecule has 0 radical (unpaired) electrons. The number of aliphatic imine (C=N–C) groups is 1. The van der Waals surface area contributed by atoms with E-state index in [0.717, 1.165) is 16.8 Å². The fourth-order valence-corrected chi connectivity index (χ4v) is 6.48. The Morgan fingerprint density at radius 1 is 0.957 bits per heavy atom. The third-order valence-corrected chi connectivity index (χ3v) is 8.64. The van der Waals surface area contributed by atoms with Crippen LogP contribution in [0, 0.1) is 10.1 Å². The summed E-state index contributed by atoms with van der Waals surface area (Å²) >= 11 is 26.5. The summed E-state index contributed by atoms with van der Waals surface area (Å²) in [6, 6.07) is 19.2. The summed E-state index contributed by atoms with van der Waals surface area (Å²) in [6.45, 7) is 1.36. The Bertz CT molecular complexity index is 1920. The van der Waals surface area contributed by atoms with Crippen LogP contribution in [-0.4, -0.2) is 33.9 Å². The summed E-state index contributed by atoms with van der Waals surface area (Å²) in [5.41, 5.74) is 3.90. The number of amides is 3. The number of halogens is 4. The van der Waals surface area contributed by atoms with Crippen LogP contribution in [0.5, 0.6) is 5.75 Å². The molecule has 4 aromatic rings. The van der Waals surface area contributed by atoms with Crippen LogP contribution >= 0.6 is 58.2 Å². The Kier molecular flexibility index (Phi) is 10.4. The van der Waals surface area contributed by atoms with Gasteiger partial charge in [-0.3, -0.25) is 30.4 Å². The zero-order chi connectivity index (χ0) is 33.8. The number of carbonyl (C=O) groups is 3. The van der Waals surface area contributed by atoms with Gasteiger partial charge in [0.2, 0.25) is 5.91 Å². The van der Waals surface area contributed by atoms with Gasteiger partial charge in [-0.1, -0.05) is 58.5 Å². The van der Waals surface area contributed by atoms with Gasteiger partial charge < -0.3 is 10.1 Å². The Labute approximate surface area is 291 Å². The standard InChI is InChI=1S/C30H20Cl4N6O6S/c1-15(41)35-17-6-11-20(32)24(14-17)36-28-27(29(42)39(38-28)26-21(33)12-16(31)13-22(26)34)47-25-5-3-2-4-23(25)37-30(43)46-19-9-7-18(8-10-19)40(44)45/h2-14,27H,1H3,(H,35,41)(H,36,38)(H,37,43). The van der Waals surface area contributed by atoms with Gasteiger partial charge >= 0.3 is 6.09 Å². The molecular formula is C30H20Cl4N6O6S. The molecule has 5 rings (SSSR count). The zero-order valence-electron chi connectivity index (χ0n) is 23.8. The average molecular weight is 734 g/mol. The fraction of sp³-hybridized carbons (Fsp3) is 0.0667. The normalized spacial score (nSPS) is 14.9. The molecule has 240 valence electrons. The molecule has 1 aliphatic rings. The fourth-order valence-electron chi connectivity index (χ4n) is 4.25. The van der Waals surface area contributed by atoms with Crippen molar-refractivity contribution in [3.63, 3.8) is 0 Å². The number of amidine groups is 1. The lowest BCUT2D eigenvalue weighted by atomic mass is 10.2. The molecule has 1 heterocycles. The molecular weight excluding hydrogens is 714 g/mol. The molecule has 3 N–H and O–H groups in total. The van der Waals surface area contributed by atoms with E-state index >= 15 is 0 Å². The lowest BCUT2D eigenvalue weighted by Crippen LogP contribution is -2.36. The number of benzene rings is 4. The number of carbonyl (C=O) groups excluding carboxylic acids is 3. The van der Waals surface area contributed by atoms with Crippen molar-refractivity contribution in [1.29, 1.82) is 0 Å². The number of hydrogen-bond acceptors (Lipinski definition) is 8. The smallest absolute Gasteiger partial charge is 0.410 e. The van der Waals surface area contributed by atoms with Gasteiger partial charge in [-0.25, -0.2) is 14.8 Å². The van der Waals surface area contributed by atoms with Crippen molar-refractivity contribution in [2.45, 2.75) is 17.1 Å². The van der Waals surface area contributed by atoms with Crippen LogP contribution in [-0.2, 0) is 9.59 Å². The van der Waals surface area contributed by atoms with Crippen LogP contribution in [0.3, 0.4) is 0 Å². The predicted molar refractivity (Wildman–Crippen MR) is 184 cm³/mol. The highest BCUT2D eigenvalue weighted by Gasteiger charge is 2.41. The van der Waals surface area contributed by atoms with Crippen LogP contribution in [0.25, 0.3) is 0 Å². The van der Waals surface area contributed by atoms with Gasteiger partial charge in [-0.15, -0.1) is 11.8 Å². The molecule has 3 amide bonds. The van der Waals surface area contributed by atoms with Crippen LogP contribution in [0.2, 0.25) is 20.1 Å². The highest BCUT2D eigenvalue weighted by Crippen LogP contribution is 2.41. The Balaban J connectivity index is 1.48. The monoisotopic (exact) mass is 732 g/mol. The van der Waals surface area contributed by atoms with Gasteiger partial charge in [-0.05, 0) is 54.6 Å². The van der Waals surface area contributed by atoms with E-state index in [-0.39, 0.29) is 54.6 Å². The first-order valence-corrected chi connectivity index (χ1v) is 15.7. The molecule has 47 heavy (non-hydrogen) atoms. The number of nitrogens with zero attached hydrogens (tertiary/aromatic N) is 3.